The molecule has 2 heterocycles. The van der Waals surface area contributed by atoms with Crippen molar-refractivity contribution in [2.75, 3.05) is 31.1 Å². The fourth-order valence-corrected chi connectivity index (χ4v) is 3.89. The van der Waals surface area contributed by atoms with Crippen LogP contribution in [0.1, 0.15) is 22.2 Å². The SMILES string of the molecule is Cl.Cn1ccnc1C1CNCCN1C(=O)CSCC(=O)c1ccc(Cl)cc1. The second kappa shape index (κ2) is 10.1. The molecular weight excluding hydrogens is 407 g/mol. The number of hydrogen-bond donors (Lipinski definition) is 1. The number of nitrogens with zero attached hydrogens (tertiary/aromatic N) is 3. The highest BCUT2D eigenvalue weighted by molar-refractivity contribution is 8.00. The van der Waals surface area contributed by atoms with E-state index in [0.29, 0.717) is 23.7 Å². The molecule has 1 aliphatic rings. The highest BCUT2D eigenvalue weighted by Crippen LogP contribution is 2.22. The van der Waals surface area contributed by atoms with E-state index in [-0.39, 0.29) is 41.6 Å². The fraction of sp³-hybridized carbons (Fsp3) is 0.389. The van der Waals surface area contributed by atoms with Crippen LogP contribution in [0.2, 0.25) is 5.02 Å². The van der Waals surface area contributed by atoms with E-state index >= 15 is 0 Å². The Labute approximate surface area is 174 Å². The van der Waals surface area contributed by atoms with E-state index in [0.717, 1.165) is 12.4 Å². The van der Waals surface area contributed by atoms with E-state index in [4.69, 9.17) is 11.6 Å². The highest BCUT2D eigenvalue weighted by atomic mass is 35.5. The molecule has 146 valence electrons. The number of imidazole rings is 1. The maximum absolute atomic E-state index is 12.7. The number of aryl methyl sites for hydroxylation is 1. The molecule has 0 aliphatic carbocycles. The van der Waals surface area contributed by atoms with Gasteiger partial charge in [0.05, 0.1) is 11.5 Å². The van der Waals surface area contributed by atoms with E-state index in [2.05, 4.69) is 10.3 Å². The van der Waals surface area contributed by atoms with Crippen molar-refractivity contribution in [1.29, 1.82) is 0 Å². The third-order valence-electron chi connectivity index (χ3n) is 4.35. The molecule has 0 bridgehead atoms. The number of carbonyl (C=O) groups excluding carboxylic acids is 2. The van der Waals surface area contributed by atoms with Crippen molar-refractivity contribution in [3.63, 3.8) is 0 Å². The number of benzene rings is 1. The van der Waals surface area contributed by atoms with Crippen molar-refractivity contribution in [3.8, 4) is 0 Å². The van der Waals surface area contributed by atoms with Gasteiger partial charge in [0.1, 0.15) is 11.9 Å². The minimum Gasteiger partial charge on any atom is -0.336 e. The summed E-state index contributed by atoms with van der Waals surface area (Å²) < 4.78 is 1.94. The summed E-state index contributed by atoms with van der Waals surface area (Å²) in [7, 11) is 1.93. The van der Waals surface area contributed by atoms with Crippen LogP contribution in [0.25, 0.3) is 0 Å². The van der Waals surface area contributed by atoms with Gasteiger partial charge in [-0.1, -0.05) is 11.6 Å². The summed E-state index contributed by atoms with van der Waals surface area (Å²) in [6, 6.07) is 6.73. The van der Waals surface area contributed by atoms with Crippen molar-refractivity contribution >= 4 is 47.5 Å². The summed E-state index contributed by atoms with van der Waals surface area (Å²) >= 11 is 7.18. The summed E-state index contributed by atoms with van der Waals surface area (Å²) in [4.78, 5) is 31.1. The third kappa shape index (κ3) is 5.48. The van der Waals surface area contributed by atoms with Crippen LogP contribution >= 0.6 is 35.8 Å². The Morgan fingerprint density at radius 2 is 2.04 bits per heavy atom. The van der Waals surface area contributed by atoms with Gasteiger partial charge in [-0.3, -0.25) is 9.59 Å². The fourth-order valence-electron chi connectivity index (χ4n) is 2.96. The number of ketones is 1. The van der Waals surface area contributed by atoms with E-state index < -0.39 is 0 Å². The number of aromatic nitrogens is 2. The second-order valence-electron chi connectivity index (χ2n) is 6.13. The molecule has 1 N–H and O–H groups in total. The Hall–Kier alpha value is -1.54. The number of halogens is 2. The van der Waals surface area contributed by atoms with Gasteiger partial charge in [0.25, 0.3) is 0 Å². The predicted molar refractivity (Wildman–Crippen MR) is 111 cm³/mol. The Kier molecular flexibility index (Phi) is 8.16. The highest BCUT2D eigenvalue weighted by Gasteiger charge is 2.30. The number of amides is 1. The molecule has 1 aromatic heterocycles. The molecule has 9 heteroatoms. The third-order valence-corrected chi connectivity index (χ3v) is 5.51. The molecule has 6 nitrogen and oxygen atoms in total. The topological polar surface area (TPSA) is 67.2 Å². The van der Waals surface area contributed by atoms with Crippen LogP contribution in [0, 0.1) is 0 Å². The first-order chi connectivity index (χ1) is 12.6. The Bertz CT molecular complexity index is 782. The van der Waals surface area contributed by atoms with E-state index in [1.807, 2.05) is 22.7 Å². The molecule has 1 aliphatic heterocycles. The molecular formula is C18H22Cl2N4O2S. The van der Waals surface area contributed by atoms with Crippen LogP contribution in [0.5, 0.6) is 0 Å². The quantitative estimate of drug-likeness (QED) is 0.716. The zero-order valence-corrected chi connectivity index (χ0v) is 17.3. The van der Waals surface area contributed by atoms with Crippen molar-refractivity contribution in [1.82, 2.24) is 19.8 Å². The van der Waals surface area contributed by atoms with Gasteiger partial charge in [0, 0.05) is 49.7 Å². The average molecular weight is 429 g/mol. The molecule has 1 atom stereocenters. The Morgan fingerprint density at radius 3 is 2.70 bits per heavy atom. The number of Topliss-reactive ketones (excluding diaryl/α,β-unsaturated/α-hetero) is 1. The van der Waals surface area contributed by atoms with Gasteiger partial charge in [0.2, 0.25) is 5.91 Å². The second-order valence-corrected chi connectivity index (χ2v) is 7.55. The number of piperazine rings is 1. The molecule has 1 unspecified atom stereocenters. The van der Waals surface area contributed by atoms with Gasteiger partial charge >= 0.3 is 0 Å². The van der Waals surface area contributed by atoms with Gasteiger partial charge in [-0.05, 0) is 24.3 Å². The lowest BCUT2D eigenvalue weighted by Gasteiger charge is -2.35. The van der Waals surface area contributed by atoms with Crippen molar-refractivity contribution in [2.24, 2.45) is 7.05 Å². The number of thioether (sulfide) groups is 1. The van der Waals surface area contributed by atoms with E-state index in [1.165, 1.54) is 11.8 Å². The summed E-state index contributed by atoms with van der Waals surface area (Å²) in [6.45, 7) is 2.09. The van der Waals surface area contributed by atoms with Gasteiger partial charge in [-0.2, -0.15) is 0 Å². The van der Waals surface area contributed by atoms with Crippen LogP contribution in [0.3, 0.4) is 0 Å². The zero-order chi connectivity index (χ0) is 18.5. The van der Waals surface area contributed by atoms with Gasteiger partial charge in [0.15, 0.2) is 5.78 Å². The minimum absolute atomic E-state index is 0. The summed E-state index contributed by atoms with van der Waals surface area (Å²) in [5.41, 5.74) is 0.613. The van der Waals surface area contributed by atoms with E-state index in [9.17, 15) is 9.59 Å². The number of rotatable bonds is 6. The number of hydrogen-bond acceptors (Lipinski definition) is 5. The molecule has 1 amide bonds. The van der Waals surface area contributed by atoms with Gasteiger partial charge in [-0.15, -0.1) is 24.2 Å². The van der Waals surface area contributed by atoms with Gasteiger partial charge < -0.3 is 14.8 Å². The molecule has 0 radical (unpaired) electrons. The average Bonchev–Trinajstić information content (AvgIpc) is 3.08. The molecule has 1 saturated heterocycles. The van der Waals surface area contributed by atoms with Crippen LogP contribution in [-0.2, 0) is 11.8 Å². The molecule has 1 fully saturated rings. The van der Waals surface area contributed by atoms with Gasteiger partial charge in [-0.25, -0.2) is 4.98 Å². The van der Waals surface area contributed by atoms with Crippen LogP contribution in [-0.4, -0.2) is 57.3 Å². The number of carbonyl (C=O) groups is 2. The first-order valence-electron chi connectivity index (χ1n) is 8.40. The lowest BCUT2D eigenvalue weighted by Crippen LogP contribution is -2.50. The zero-order valence-electron chi connectivity index (χ0n) is 14.9. The predicted octanol–water partition coefficient (Wildman–Crippen LogP) is 2.58. The summed E-state index contributed by atoms with van der Waals surface area (Å²) in [6.07, 6.45) is 3.62. The Morgan fingerprint density at radius 1 is 1.30 bits per heavy atom. The minimum atomic E-state index is -0.0798. The lowest BCUT2D eigenvalue weighted by atomic mass is 10.1. The maximum atomic E-state index is 12.7. The smallest absolute Gasteiger partial charge is 0.233 e. The number of nitrogens with one attached hydrogen (secondary N) is 1. The monoisotopic (exact) mass is 428 g/mol. The van der Waals surface area contributed by atoms with Crippen LogP contribution in [0.15, 0.2) is 36.7 Å². The maximum Gasteiger partial charge on any atom is 0.233 e. The molecule has 2 aromatic rings. The molecule has 0 spiro atoms. The standard InChI is InChI=1S/C18H21ClN4O2S.ClH/c1-22-8-7-21-18(22)15-10-20-6-9-23(15)17(25)12-26-11-16(24)13-2-4-14(19)5-3-13;/h2-5,7-8,15,20H,6,9-12H2,1H3;1H. The van der Waals surface area contributed by atoms with Crippen LogP contribution < -0.4 is 5.32 Å². The first kappa shape index (κ1) is 21.8. The molecule has 1 aromatic carbocycles. The molecule has 3 rings (SSSR count). The van der Waals surface area contributed by atoms with Crippen molar-refractivity contribution in [3.05, 3.63) is 53.1 Å². The lowest BCUT2D eigenvalue weighted by molar-refractivity contribution is -0.131. The van der Waals surface area contributed by atoms with Crippen molar-refractivity contribution in [2.45, 2.75) is 6.04 Å². The van der Waals surface area contributed by atoms with Crippen LogP contribution in [0.4, 0.5) is 0 Å². The van der Waals surface area contributed by atoms with E-state index in [1.54, 1.807) is 30.5 Å². The van der Waals surface area contributed by atoms with Crippen molar-refractivity contribution < 1.29 is 9.59 Å². The normalized spacial score (nSPS) is 16.7. The molecule has 0 saturated carbocycles. The summed E-state index contributed by atoms with van der Waals surface area (Å²) in [5.74, 6) is 1.45. The summed E-state index contributed by atoms with van der Waals surface area (Å²) in [5, 5.41) is 3.92. The largest absolute Gasteiger partial charge is 0.336 e. The first-order valence-corrected chi connectivity index (χ1v) is 9.93. The Balaban J connectivity index is 0.00000261. The molecule has 27 heavy (non-hydrogen) atoms.